The molecule has 2 aromatic carbocycles. The van der Waals surface area contributed by atoms with Crippen LogP contribution in [-0.4, -0.2) is 30.4 Å². The summed E-state index contributed by atoms with van der Waals surface area (Å²) in [6, 6.07) is 10.6. The highest BCUT2D eigenvalue weighted by Crippen LogP contribution is 2.30. The van der Waals surface area contributed by atoms with Gasteiger partial charge in [-0.1, -0.05) is 12.1 Å². The van der Waals surface area contributed by atoms with E-state index in [2.05, 4.69) is 10.6 Å². The number of ether oxygens (including phenoxy) is 1. The second-order valence-corrected chi connectivity index (χ2v) is 6.44. The molecule has 2 atom stereocenters. The maximum Gasteiger partial charge on any atom is 0.416 e. The van der Waals surface area contributed by atoms with Gasteiger partial charge in [-0.3, -0.25) is 10.2 Å². The summed E-state index contributed by atoms with van der Waals surface area (Å²) in [5, 5.41) is 13.1. The quantitative estimate of drug-likeness (QED) is 0.464. The van der Waals surface area contributed by atoms with Crippen molar-refractivity contribution in [2.75, 3.05) is 11.9 Å². The van der Waals surface area contributed by atoms with Gasteiger partial charge in [0.25, 0.3) is 0 Å². The number of carbonyl (C=O) groups is 1. The minimum atomic E-state index is -4.42. The Kier molecular flexibility index (Phi) is 5.55. The van der Waals surface area contributed by atoms with Crippen LogP contribution in [0, 0.1) is 5.41 Å². The standard InChI is InChI=1S/C19H19F3N4O2/c20-19(21,22)12-4-6-13(7-5-12)26-18(27)16-9-15(10-25-16)28-14-3-1-2-11(8-14)17(23)24/h1-8,15-16,25H,9-10H2,(H3,23,24)(H,26,27)/t15-,16+/m1/s1. The average molecular weight is 392 g/mol. The van der Waals surface area contributed by atoms with Crippen molar-refractivity contribution in [3.63, 3.8) is 0 Å². The summed E-state index contributed by atoms with van der Waals surface area (Å²) in [7, 11) is 0. The second kappa shape index (κ2) is 7.89. The van der Waals surface area contributed by atoms with Gasteiger partial charge in [-0.15, -0.1) is 0 Å². The average Bonchev–Trinajstić information content (AvgIpc) is 3.10. The van der Waals surface area contributed by atoms with Gasteiger partial charge in [0.2, 0.25) is 5.91 Å². The van der Waals surface area contributed by atoms with Crippen LogP contribution < -0.4 is 21.1 Å². The number of carbonyl (C=O) groups excluding carboxylic acids is 1. The van der Waals surface area contributed by atoms with E-state index >= 15 is 0 Å². The Balaban J connectivity index is 1.55. The molecular weight excluding hydrogens is 373 g/mol. The van der Waals surface area contributed by atoms with E-state index in [9.17, 15) is 18.0 Å². The first-order valence-corrected chi connectivity index (χ1v) is 8.55. The first-order valence-electron chi connectivity index (χ1n) is 8.55. The van der Waals surface area contributed by atoms with E-state index in [1.54, 1.807) is 24.3 Å². The van der Waals surface area contributed by atoms with E-state index in [0.717, 1.165) is 12.1 Å². The number of hydrogen-bond acceptors (Lipinski definition) is 4. The van der Waals surface area contributed by atoms with Crippen molar-refractivity contribution in [1.29, 1.82) is 5.41 Å². The van der Waals surface area contributed by atoms with Gasteiger partial charge in [-0.25, -0.2) is 0 Å². The molecule has 1 aliphatic heterocycles. The van der Waals surface area contributed by atoms with E-state index in [0.29, 0.717) is 30.0 Å². The molecule has 9 heteroatoms. The third-order valence-corrected chi connectivity index (χ3v) is 4.33. The van der Waals surface area contributed by atoms with Gasteiger partial charge in [0, 0.05) is 24.2 Å². The van der Waals surface area contributed by atoms with Crippen LogP contribution >= 0.6 is 0 Å². The summed E-state index contributed by atoms with van der Waals surface area (Å²) in [5.41, 5.74) is 5.52. The second-order valence-electron chi connectivity index (χ2n) is 6.44. The Bertz CT molecular complexity index is 868. The monoisotopic (exact) mass is 392 g/mol. The van der Waals surface area contributed by atoms with Crippen LogP contribution in [0.25, 0.3) is 0 Å². The minimum Gasteiger partial charge on any atom is -0.489 e. The van der Waals surface area contributed by atoms with Gasteiger partial charge in [0.1, 0.15) is 17.7 Å². The van der Waals surface area contributed by atoms with E-state index in [1.807, 2.05) is 0 Å². The number of benzene rings is 2. The number of anilines is 1. The molecule has 1 fully saturated rings. The molecule has 0 radical (unpaired) electrons. The molecule has 148 valence electrons. The molecule has 2 aromatic rings. The molecule has 28 heavy (non-hydrogen) atoms. The lowest BCUT2D eigenvalue weighted by molar-refractivity contribution is -0.137. The van der Waals surface area contributed by atoms with Crippen LogP contribution in [-0.2, 0) is 11.0 Å². The smallest absolute Gasteiger partial charge is 0.416 e. The number of amidine groups is 1. The van der Waals surface area contributed by atoms with E-state index in [1.165, 1.54) is 12.1 Å². The van der Waals surface area contributed by atoms with Crippen molar-refractivity contribution in [1.82, 2.24) is 5.32 Å². The summed E-state index contributed by atoms with van der Waals surface area (Å²) >= 11 is 0. The molecule has 0 aromatic heterocycles. The van der Waals surface area contributed by atoms with Gasteiger partial charge >= 0.3 is 6.18 Å². The Morgan fingerprint density at radius 1 is 1.21 bits per heavy atom. The number of nitrogen functional groups attached to an aromatic ring is 1. The Morgan fingerprint density at radius 2 is 1.93 bits per heavy atom. The molecule has 1 heterocycles. The van der Waals surface area contributed by atoms with Crippen LogP contribution in [0.15, 0.2) is 48.5 Å². The molecule has 0 spiro atoms. The summed E-state index contributed by atoms with van der Waals surface area (Å²) in [6.07, 6.45) is -4.28. The zero-order chi connectivity index (χ0) is 20.3. The lowest BCUT2D eigenvalue weighted by Crippen LogP contribution is -2.35. The van der Waals surface area contributed by atoms with Crippen LogP contribution in [0.5, 0.6) is 5.75 Å². The van der Waals surface area contributed by atoms with Gasteiger partial charge in [0.15, 0.2) is 0 Å². The Hall–Kier alpha value is -3.07. The van der Waals surface area contributed by atoms with Crippen LogP contribution in [0.1, 0.15) is 17.5 Å². The van der Waals surface area contributed by atoms with Crippen LogP contribution in [0.3, 0.4) is 0 Å². The van der Waals surface area contributed by atoms with Crippen molar-refractivity contribution in [2.24, 2.45) is 5.73 Å². The zero-order valence-corrected chi connectivity index (χ0v) is 14.7. The number of halogens is 3. The van der Waals surface area contributed by atoms with Crippen LogP contribution in [0.4, 0.5) is 18.9 Å². The lowest BCUT2D eigenvalue weighted by atomic mass is 10.1. The predicted molar refractivity (Wildman–Crippen MR) is 98.4 cm³/mol. The zero-order valence-electron chi connectivity index (χ0n) is 14.7. The number of alkyl halides is 3. The molecule has 1 saturated heterocycles. The molecule has 0 bridgehead atoms. The fourth-order valence-electron chi connectivity index (χ4n) is 2.89. The highest BCUT2D eigenvalue weighted by Gasteiger charge is 2.32. The summed E-state index contributed by atoms with van der Waals surface area (Å²) in [5.74, 6) is 0.135. The van der Waals surface area contributed by atoms with Crippen molar-refractivity contribution in [3.8, 4) is 5.75 Å². The number of amides is 1. The summed E-state index contributed by atoms with van der Waals surface area (Å²) < 4.78 is 43.6. The van der Waals surface area contributed by atoms with E-state index in [-0.39, 0.29) is 17.8 Å². The highest BCUT2D eigenvalue weighted by atomic mass is 19.4. The van der Waals surface area contributed by atoms with Gasteiger partial charge in [-0.05, 0) is 36.4 Å². The number of rotatable bonds is 5. The number of nitrogens with one attached hydrogen (secondary N) is 3. The normalized spacial score (nSPS) is 19.2. The van der Waals surface area contributed by atoms with E-state index in [4.69, 9.17) is 15.9 Å². The fraction of sp³-hybridized carbons (Fsp3) is 0.263. The van der Waals surface area contributed by atoms with E-state index < -0.39 is 17.8 Å². The third-order valence-electron chi connectivity index (χ3n) is 4.33. The molecule has 1 aliphatic rings. The molecule has 0 aliphatic carbocycles. The van der Waals surface area contributed by atoms with Crippen molar-refractivity contribution in [3.05, 3.63) is 59.7 Å². The maximum atomic E-state index is 12.6. The van der Waals surface area contributed by atoms with Gasteiger partial charge < -0.3 is 21.1 Å². The molecule has 0 saturated carbocycles. The van der Waals surface area contributed by atoms with Gasteiger partial charge in [-0.2, -0.15) is 13.2 Å². The first-order chi connectivity index (χ1) is 13.2. The minimum absolute atomic E-state index is 0.0659. The maximum absolute atomic E-state index is 12.6. The molecule has 3 rings (SSSR count). The Labute approximate surface area is 159 Å². The van der Waals surface area contributed by atoms with Crippen LogP contribution in [0.2, 0.25) is 0 Å². The Morgan fingerprint density at radius 3 is 2.57 bits per heavy atom. The topological polar surface area (TPSA) is 100 Å². The molecule has 0 unspecified atom stereocenters. The third kappa shape index (κ3) is 4.80. The predicted octanol–water partition coefficient (Wildman–Crippen LogP) is 2.74. The molecule has 1 amide bonds. The number of nitrogens with two attached hydrogens (primary N) is 1. The first kappa shape index (κ1) is 19.7. The number of hydrogen-bond donors (Lipinski definition) is 4. The van der Waals surface area contributed by atoms with Crippen molar-refractivity contribution < 1.29 is 22.7 Å². The van der Waals surface area contributed by atoms with Gasteiger partial charge in [0.05, 0.1) is 11.6 Å². The fourth-order valence-corrected chi connectivity index (χ4v) is 2.89. The lowest BCUT2D eigenvalue weighted by Gasteiger charge is -2.14. The highest BCUT2D eigenvalue weighted by molar-refractivity contribution is 5.95. The molecule has 5 N–H and O–H groups in total. The molecule has 6 nitrogen and oxygen atoms in total. The van der Waals surface area contributed by atoms with Crippen molar-refractivity contribution >= 4 is 17.4 Å². The van der Waals surface area contributed by atoms with Crippen molar-refractivity contribution in [2.45, 2.75) is 24.7 Å². The summed E-state index contributed by atoms with van der Waals surface area (Å²) in [6.45, 7) is 0.440. The largest absolute Gasteiger partial charge is 0.489 e. The molecular formula is C19H19F3N4O2. The summed E-state index contributed by atoms with van der Waals surface area (Å²) in [4.78, 5) is 12.3. The SMILES string of the molecule is N=C(N)c1cccc(O[C@H]2CN[C@H](C(=O)Nc3ccc(C(F)(F)F)cc3)C2)c1.